The quantitative estimate of drug-likeness (QED) is 0.531. The zero-order valence-electron chi connectivity index (χ0n) is 17.3. The molecule has 31 heavy (non-hydrogen) atoms. The van der Waals surface area contributed by atoms with Gasteiger partial charge in [0.05, 0.1) is 17.1 Å². The van der Waals surface area contributed by atoms with Crippen molar-refractivity contribution in [2.24, 2.45) is 0 Å². The van der Waals surface area contributed by atoms with E-state index in [9.17, 15) is 14.0 Å². The molecule has 0 fully saturated rings. The van der Waals surface area contributed by atoms with Gasteiger partial charge in [0.2, 0.25) is 0 Å². The van der Waals surface area contributed by atoms with Gasteiger partial charge in [0.1, 0.15) is 28.6 Å². The number of hydrogen-bond donors (Lipinski definition) is 2. The fraction of sp³-hybridized carbons (Fsp3) is 0.286. The number of aromatic nitrogens is 1. The molecule has 3 rings (SSSR count). The van der Waals surface area contributed by atoms with Gasteiger partial charge in [-0.3, -0.25) is 25.3 Å². The maximum absolute atomic E-state index is 14.3. The Labute approximate surface area is 183 Å². The molecule has 0 saturated carbocycles. The Morgan fingerprint density at radius 3 is 2.52 bits per heavy atom. The van der Waals surface area contributed by atoms with Crippen LogP contribution in [0.5, 0.6) is 0 Å². The Bertz CT molecular complexity index is 1070. The Morgan fingerprint density at radius 2 is 1.84 bits per heavy atom. The summed E-state index contributed by atoms with van der Waals surface area (Å²) < 4.78 is 24.9. The molecule has 0 aliphatic carbocycles. The molecule has 8 nitrogen and oxygen atoms in total. The van der Waals surface area contributed by atoms with Crippen molar-refractivity contribution in [2.45, 2.75) is 27.3 Å². The first-order valence-electron chi connectivity index (χ1n) is 9.68. The molecule has 0 radical (unpaired) electrons. The van der Waals surface area contributed by atoms with Crippen LogP contribution in [0.2, 0.25) is 5.02 Å². The number of carbonyl (C=O) groups is 2. The van der Waals surface area contributed by atoms with Crippen LogP contribution >= 0.6 is 11.6 Å². The SMILES string of the molecule is CCN(CC)Cc1ccc(C(=O)NNC(=O)c2c(-c3c(F)cccc3Cl)noc2C)o1. The third kappa shape index (κ3) is 4.95. The Balaban J connectivity index is 1.72. The number of nitrogens with zero attached hydrogens (tertiary/aromatic N) is 2. The molecule has 0 unspecified atom stereocenters. The molecule has 1 aromatic carbocycles. The summed E-state index contributed by atoms with van der Waals surface area (Å²) in [5.41, 5.74) is 4.37. The van der Waals surface area contributed by atoms with E-state index in [0.717, 1.165) is 13.1 Å². The van der Waals surface area contributed by atoms with Crippen LogP contribution in [0.15, 0.2) is 39.3 Å². The second kappa shape index (κ2) is 9.76. The van der Waals surface area contributed by atoms with Crippen LogP contribution in [-0.4, -0.2) is 35.0 Å². The molecule has 164 valence electrons. The number of hydrogen-bond acceptors (Lipinski definition) is 6. The first-order valence-corrected chi connectivity index (χ1v) is 10.1. The molecule has 2 heterocycles. The van der Waals surface area contributed by atoms with Crippen molar-refractivity contribution in [1.29, 1.82) is 0 Å². The zero-order chi connectivity index (χ0) is 22.5. The van der Waals surface area contributed by atoms with E-state index < -0.39 is 17.6 Å². The molecule has 0 aliphatic rings. The summed E-state index contributed by atoms with van der Waals surface area (Å²) in [5.74, 6) is -1.22. The maximum Gasteiger partial charge on any atom is 0.305 e. The standard InChI is InChI=1S/C21H22ClFN4O4/c1-4-27(5-2)11-13-9-10-16(30-13)20(28)24-25-21(29)17-12(3)31-26-19(17)18-14(22)7-6-8-15(18)23/h6-10H,4-5,11H2,1-3H3,(H,24,28)(H,25,29). The molecule has 0 saturated heterocycles. The van der Waals surface area contributed by atoms with Gasteiger partial charge in [0, 0.05) is 0 Å². The van der Waals surface area contributed by atoms with Crippen LogP contribution in [0, 0.1) is 12.7 Å². The highest BCUT2D eigenvalue weighted by Gasteiger charge is 2.26. The largest absolute Gasteiger partial charge is 0.454 e. The van der Waals surface area contributed by atoms with E-state index in [1.165, 1.54) is 31.2 Å². The van der Waals surface area contributed by atoms with Gasteiger partial charge in [0.25, 0.3) is 5.91 Å². The Morgan fingerprint density at radius 1 is 1.13 bits per heavy atom. The third-order valence-electron chi connectivity index (χ3n) is 4.74. The highest BCUT2D eigenvalue weighted by Crippen LogP contribution is 2.33. The van der Waals surface area contributed by atoms with E-state index in [1.807, 2.05) is 13.8 Å². The lowest BCUT2D eigenvalue weighted by Crippen LogP contribution is -2.41. The Kier molecular flexibility index (Phi) is 7.09. The number of benzene rings is 1. The van der Waals surface area contributed by atoms with Crippen molar-refractivity contribution >= 4 is 23.4 Å². The van der Waals surface area contributed by atoms with Crippen molar-refractivity contribution in [3.63, 3.8) is 0 Å². The van der Waals surface area contributed by atoms with Gasteiger partial charge in [-0.15, -0.1) is 0 Å². The zero-order valence-corrected chi connectivity index (χ0v) is 18.0. The number of amides is 2. The van der Waals surface area contributed by atoms with Gasteiger partial charge in [-0.25, -0.2) is 4.39 Å². The summed E-state index contributed by atoms with van der Waals surface area (Å²) >= 11 is 6.08. The van der Waals surface area contributed by atoms with Gasteiger partial charge < -0.3 is 8.94 Å². The van der Waals surface area contributed by atoms with Crippen molar-refractivity contribution in [3.8, 4) is 11.3 Å². The van der Waals surface area contributed by atoms with E-state index in [4.69, 9.17) is 20.5 Å². The number of furan rings is 1. The summed E-state index contributed by atoms with van der Waals surface area (Å²) in [6.45, 7) is 7.83. The van der Waals surface area contributed by atoms with Gasteiger partial charge in [-0.2, -0.15) is 0 Å². The first kappa shape index (κ1) is 22.5. The summed E-state index contributed by atoms with van der Waals surface area (Å²) in [4.78, 5) is 27.2. The number of carbonyl (C=O) groups excluding carboxylic acids is 2. The second-order valence-electron chi connectivity index (χ2n) is 6.69. The van der Waals surface area contributed by atoms with E-state index in [1.54, 1.807) is 6.07 Å². The summed E-state index contributed by atoms with van der Waals surface area (Å²) in [7, 11) is 0. The van der Waals surface area contributed by atoms with E-state index in [-0.39, 0.29) is 33.4 Å². The molecule has 0 bridgehead atoms. The fourth-order valence-corrected chi connectivity index (χ4v) is 3.28. The molecular weight excluding hydrogens is 427 g/mol. The normalized spacial score (nSPS) is 11.0. The van der Waals surface area contributed by atoms with Crippen LogP contribution in [0.25, 0.3) is 11.3 Å². The van der Waals surface area contributed by atoms with Crippen molar-refractivity contribution < 1.29 is 22.9 Å². The van der Waals surface area contributed by atoms with Crippen LogP contribution < -0.4 is 10.9 Å². The number of aryl methyl sites for hydroxylation is 1. The topological polar surface area (TPSA) is 101 Å². The number of rotatable bonds is 7. The van der Waals surface area contributed by atoms with E-state index in [0.29, 0.717) is 12.3 Å². The molecule has 0 atom stereocenters. The predicted molar refractivity (Wildman–Crippen MR) is 112 cm³/mol. The molecular formula is C21H22ClFN4O4. The monoisotopic (exact) mass is 448 g/mol. The molecule has 10 heteroatoms. The third-order valence-corrected chi connectivity index (χ3v) is 5.05. The highest BCUT2D eigenvalue weighted by atomic mass is 35.5. The molecule has 2 amide bonds. The minimum atomic E-state index is -0.739. The van der Waals surface area contributed by atoms with E-state index in [2.05, 4.69) is 20.9 Å². The number of hydrazine groups is 1. The summed E-state index contributed by atoms with van der Waals surface area (Å²) in [6, 6.07) is 7.33. The van der Waals surface area contributed by atoms with Crippen molar-refractivity contribution in [2.75, 3.05) is 13.1 Å². The molecule has 2 aromatic heterocycles. The first-order chi connectivity index (χ1) is 14.8. The van der Waals surface area contributed by atoms with Gasteiger partial charge in [-0.05, 0) is 44.3 Å². The minimum absolute atomic E-state index is 0.0434. The molecule has 3 aromatic rings. The highest BCUT2D eigenvalue weighted by molar-refractivity contribution is 6.33. The second-order valence-corrected chi connectivity index (χ2v) is 7.10. The maximum atomic E-state index is 14.3. The van der Waals surface area contributed by atoms with Crippen LogP contribution in [0.1, 0.15) is 46.3 Å². The molecule has 2 N–H and O–H groups in total. The lowest BCUT2D eigenvalue weighted by atomic mass is 10.1. The summed E-state index contributed by atoms with van der Waals surface area (Å²) in [5, 5.41) is 3.84. The molecule has 0 spiro atoms. The van der Waals surface area contributed by atoms with Crippen LogP contribution in [-0.2, 0) is 6.54 Å². The number of nitrogens with one attached hydrogen (secondary N) is 2. The lowest BCUT2D eigenvalue weighted by Gasteiger charge is -2.15. The lowest BCUT2D eigenvalue weighted by molar-refractivity contribution is 0.0828. The van der Waals surface area contributed by atoms with Crippen molar-refractivity contribution in [1.82, 2.24) is 20.9 Å². The van der Waals surface area contributed by atoms with Gasteiger partial charge in [-0.1, -0.05) is 36.7 Å². The Hall–Kier alpha value is -3.17. The van der Waals surface area contributed by atoms with Gasteiger partial charge in [0.15, 0.2) is 5.76 Å². The number of halogens is 2. The summed E-state index contributed by atoms with van der Waals surface area (Å²) in [6.07, 6.45) is 0. The predicted octanol–water partition coefficient (Wildman–Crippen LogP) is 3.95. The van der Waals surface area contributed by atoms with Crippen LogP contribution in [0.3, 0.4) is 0 Å². The minimum Gasteiger partial charge on any atom is -0.454 e. The van der Waals surface area contributed by atoms with Crippen LogP contribution in [0.4, 0.5) is 4.39 Å². The average molecular weight is 449 g/mol. The average Bonchev–Trinajstić information content (AvgIpc) is 3.37. The molecule has 0 aliphatic heterocycles. The smallest absolute Gasteiger partial charge is 0.305 e. The van der Waals surface area contributed by atoms with Gasteiger partial charge >= 0.3 is 5.91 Å². The van der Waals surface area contributed by atoms with E-state index >= 15 is 0 Å². The fourth-order valence-electron chi connectivity index (χ4n) is 3.02. The van der Waals surface area contributed by atoms with Crippen molar-refractivity contribution in [3.05, 3.63) is 64.0 Å².